The number of carbonyl (C=O) groups is 1. The number of methoxy groups -OCH3 is 1. The lowest BCUT2D eigenvalue weighted by atomic mass is 10.1. The van der Waals surface area contributed by atoms with Crippen LogP contribution in [0, 0.1) is 5.82 Å². The first-order chi connectivity index (χ1) is 9.67. The lowest BCUT2D eigenvalue weighted by molar-refractivity contribution is 0.104. The molecule has 2 aromatic carbocycles. The molecule has 0 fully saturated rings. The quantitative estimate of drug-likeness (QED) is 0.777. The normalized spacial score (nSPS) is 15.5. The summed E-state index contributed by atoms with van der Waals surface area (Å²) in [6.45, 7) is 0. The van der Waals surface area contributed by atoms with Crippen LogP contribution in [0.5, 0.6) is 5.75 Å². The maximum absolute atomic E-state index is 12.9. The molecule has 2 nitrogen and oxygen atoms in total. The van der Waals surface area contributed by atoms with E-state index in [1.165, 1.54) is 12.1 Å². The van der Waals surface area contributed by atoms with Crippen LogP contribution in [0.3, 0.4) is 0 Å². The molecule has 20 heavy (non-hydrogen) atoms. The number of benzene rings is 2. The predicted molar refractivity (Wildman–Crippen MR) is 75.4 cm³/mol. The Bertz CT molecular complexity index is 699. The molecule has 0 atom stereocenters. The predicted octanol–water partition coefficient (Wildman–Crippen LogP) is 3.66. The lowest BCUT2D eigenvalue weighted by Crippen LogP contribution is -1.95. The Morgan fingerprint density at radius 3 is 2.60 bits per heavy atom. The standard InChI is InChI=1S/C17H13FO2/c1-20-15-6-7-16-12(10-15)9-13(17(16)19)8-11-2-4-14(18)5-3-11/h2-8,10H,9H2,1H3. The fraction of sp³-hybridized carbons (Fsp3) is 0.118. The molecule has 0 spiro atoms. The Morgan fingerprint density at radius 2 is 1.90 bits per heavy atom. The van der Waals surface area contributed by atoms with E-state index in [1.807, 2.05) is 12.1 Å². The zero-order valence-corrected chi connectivity index (χ0v) is 11.0. The van der Waals surface area contributed by atoms with E-state index < -0.39 is 0 Å². The largest absolute Gasteiger partial charge is 0.497 e. The Balaban J connectivity index is 1.94. The third-order valence-electron chi connectivity index (χ3n) is 3.44. The molecule has 0 saturated carbocycles. The van der Waals surface area contributed by atoms with Crippen molar-refractivity contribution in [1.82, 2.24) is 0 Å². The Morgan fingerprint density at radius 1 is 1.15 bits per heavy atom. The molecule has 0 amide bonds. The van der Waals surface area contributed by atoms with Crippen molar-refractivity contribution >= 4 is 11.9 Å². The summed E-state index contributed by atoms with van der Waals surface area (Å²) in [7, 11) is 1.60. The van der Waals surface area contributed by atoms with E-state index in [9.17, 15) is 9.18 Å². The summed E-state index contributed by atoms with van der Waals surface area (Å²) < 4.78 is 18.0. The first-order valence-corrected chi connectivity index (χ1v) is 6.35. The van der Waals surface area contributed by atoms with Crippen LogP contribution in [0.2, 0.25) is 0 Å². The van der Waals surface area contributed by atoms with Crippen LogP contribution < -0.4 is 4.74 Å². The molecule has 0 bridgehead atoms. The van der Waals surface area contributed by atoms with E-state index in [1.54, 1.807) is 31.4 Å². The van der Waals surface area contributed by atoms with E-state index >= 15 is 0 Å². The molecule has 0 heterocycles. The summed E-state index contributed by atoms with van der Waals surface area (Å²) in [6, 6.07) is 11.6. The number of rotatable bonds is 2. The first-order valence-electron chi connectivity index (χ1n) is 6.35. The zero-order valence-electron chi connectivity index (χ0n) is 11.0. The van der Waals surface area contributed by atoms with Crippen LogP contribution in [0.25, 0.3) is 6.08 Å². The van der Waals surface area contributed by atoms with Crippen molar-refractivity contribution in [3.05, 3.63) is 70.5 Å². The average molecular weight is 268 g/mol. The SMILES string of the molecule is COc1ccc2c(c1)CC(=Cc1ccc(F)cc1)C2=O. The molecular formula is C17H13FO2. The molecule has 0 aromatic heterocycles. The summed E-state index contributed by atoms with van der Waals surface area (Å²) in [5.41, 5.74) is 3.25. The van der Waals surface area contributed by atoms with E-state index in [0.717, 1.165) is 28.0 Å². The van der Waals surface area contributed by atoms with Gasteiger partial charge in [0, 0.05) is 17.6 Å². The number of carbonyl (C=O) groups excluding carboxylic acids is 1. The molecule has 3 rings (SSSR count). The van der Waals surface area contributed by atoms with E-state index in [2.05, 4.69) is 0 Å². The minimum absolute atomic E-state index is 0.0342. The van der Waals surface area contributed by atoms with Crippen molar-refractivity contribution < 1.29 is 13.9 Å². The van der Waals surface area contributed by atoms with Crippen molar-refractivity contribution in [3.8, 4) is 5.75 Å². The number of halogens is 1. The second kappa shape index (κ2) is 4.93. The third kappa shape index (κ3) is 2.23. The maximum atomic E-state index is 12.9. The van der Waals surface area contributed by atoms with Crippen LogP contribution in [0.15, 0.2) is 48.0 Å². The van der Waals surface area contributed by atoms with Crippen molar-refractivity contribution in [2.75, 3.05) is 7.11 Å². The van der Waals surface area contributed by atoms with Gasteiger partial charge >= 0.3 is 0 Å². The molecule has 100 valence electrons. The van der Waals surface area contributed by atoms with Crippen LogP contribution in [-0.2, 0) is 6.42 Å². The van der Waals surface area contributed by atoms with Crippen molar-refractivity contribution in [2.24, 2.45) is 0 Å². The molecule has 0 radical (unpaired) electrons. The molecule has 0 N–H and O–H groups in total. The molecule has 1 aliphatic rings. The van der Waals surface area contributed by atoms with Gasteiger partial charge in [0.25, 0.3) is 0 Å². The number of Topliss-reactive ketones (excluding diaryl/α,β-unsaturated/α-hetero) is 1. The summed E-state index contributed by atoms with van der Waals surface area (Å²) in [6.07, 6.45) is 2.40. The van der Waals surface area contributed by atoms with Gasteiger partial charge in [-0.2, -0.15) is 0 Å². The molecule has 3 heteroatoms. The number of hydrogen-bond acceptors (Lipinski definition) is 2. The molecule has 1 aliphatic carbocycles. The van der Waals surface area contributed by atoms with Gasteiger partial charge in [0.05, 0.1) is 7.11 Å². The van der Waals surface area contributed by atoms with E-state index in [-0.39, 0.29) is 11.6 Å². The van der Waals surface area contributed by atoms with Gasteiger partial charge in [0.2, 0.25) is 0 Å². The number of ketones is 1. The van der Waals surface area contributed by atoms with Gasteiger partial charge in [0.15, 0.2) is 5.78 Å². The van der Waals surface area contributed by atoms with Crippen LogP contribution >= 0.6 is 0 Å². The summed E-state index contributed by atoms with van der Waals surface area (Å²) in [5.74, 6) is 0.504. The molecule has 2 aromatic rings. The molecule has 0 saturated heterocycles. The highest BCUT2D eigenvalue weighted by atomic mass is 19.1. The number of allylic oxidation sites excluding steroid dienone is 1. The maximum Gasteiger partial charge on any atom is 0.189 e. The molecular weight excluding hydrogens is 255 g/mol. The zero-order chi connectivity index (χ0) is 14.1. The van der Waals surface area contributed by atoms with Gasteiger partial charge in [-0.3, -0.25) is 4.79 Å². The smallest absolute Gasteiger partial charge is 0.189 e. The highest BCUT2D eigenvalue weighted by molar-refractivity contribution is 6.15. The minimum Gasteiger partial charge on any atom is -0.497 e. The molecule has 0 unspecified atom stereocenters. The van der Waals surface area contributed by atoms with E-state index in [0.29, 0.717) is 6.42 Å². The van der Waals surface area contributed by atoms with Gasteiger partial charge in [0.1, 0.15) is 11.6 Å². The van der Waals surface area contributed by atoms with Crippen molar-refractivity contribution in [2.45, 2.75) is 6.42 Å². The highest BCUT2D eigenvalue weighted by Gasteiger charge is 2.24. The Labute approximate surface area is 116 Å². The summed E-state index contributed by atoms with van der Waals surface area (Å²) >= 11 is 0. The van der Waals surface area contributed by atoms with Gasteiger partial charge in [-0.25, -0.2) is 4.39 Å². The second-order valence-corrected chi connectivity index (χ2v) is 4.75. The average Bonchev–Trinajstić information content (AvgIpc) is 2.77. The lowest BCUT2D eigenvalue weighted by Gasteiger charge is -2.01. The van der Waals surface area contributed by atoms with Gasteiger partial charge < -0.3 is 4.74 Å². The van der Waals surface area contributed by atoms with Gasteiger partial charge in [-0.1, -0.05) is 12.1 Å². The fourth-order valence-corrected chi connectivity index (χ4v) is 2.40. The monoisotopic (exact) mass is 268 g/mol. The van der Waals surface area contributed by atoms with Crippen molar-refractivity contribution in [3.63, 3.8) is 0 Å². The van der Waals surface area contributed by atoms with E-state index in [4.69, 9.17) is 4.74 Å². The Hall–Kier alpha value is -2.42. The van der Waals surface area contributed by atoms with Crippen molar-refractivity contribution in [1.29, 1.82) is 0 Å². The first kappa shape index (κ1) is 12.6. The summed E-state index contributed by atoms with van der Waals surface area (Å²) in [5, 5.41) is 0. The van der Waals surface area contributed by atoms with Gasteiger partial charge in [-0.15, -0.1) is 0 Å². The second-order valence-electron chi connectivity index (χ2n) is 4.75. The van der Waals surface area contributed by atoms with Crippen LogP contribution in [-0.4, -0.2) is 12.9 Å². The molecule has 0 aliphatic heterocycles. The number of ether oxygens (including phenoxy) is 1. The fourth-order valence-electron chi connectivity index (χ4n) is 2.40. The number of hydrogen-bond donors (Lipinski definition) is 0. The topological polar surface area (TPSA) is 26.3 Å². The number of fused-ring (bicyclic) bond motifs is 1. The van der Waals surface area contributed by atoms with Gasteiger partial charge in [-0.05, 0) is 47.5 Å². The van der Waals surface area contributed by atoms with Crippen LogP contribution in [0.1, 0.15) is 21.5 Å². The van der Waals surface area contributed by atoms with Crippen LogP contribution in [0.4, 0.5) is 4.39 Å². The summed E-state index contributed by atoms with van der Waals surface area (Å²) in [4.78, 5) is 12.3. The third-order valence-corrected chi connectivity index (χ3v) is 3.44. The highest BCUT2D eigenvalue weighted by Crippen LogP contribution is 2.30. The minimum atomic E-state index is -0.280. The Kier molecular flexibility index (Phi) is 3.11.